The van der Waals surface area contributed by atoms with Crippen molar-refractivity contribution in [1.29, 1.82) is 0 Å². The molecule has 0 aromatic carbocycles. The molecule has 0 atom stereocenters. The van der Waals surface area contributed by atoms with Gasteiger partial charge in [0.15, 0.2) is 5.82 Å². The Hall–Kier alpha value is -1.16. The molecule has 0 amide bonds. The quantitative estimate of drug-likeness (QED) is 0.770. The van der Waals surface area contributed by atoms with Gasteiger partial charge in [0.25, 0.3) is 5.88 Å². The number of halogens is 1. The molecule has 0 aliphatic carbocycles. The molecule has 0 radical (unpaired) electrons. The van der Waals surface area contributed by atoms with E-state index in [9.17, 15) is 4.39 Å². The Kier molecular flexibility index (Phi) is 3.64. The summed E-state index contributed by atoms with van der Waals surface area (Å²) in [6, 6.07) is 1.55. The standard InChI is InChI=1S/C9H13FN2O/c1-2-5-13-9-8(10)7(6-11)3-4-12-9/h3-4H,2,5-6,11H2,1H3. The summed E-state index contributed by atoms with van der Waals surface area (Å²) in [7, 11) is 0. The van der Waals surface area contributed by atoms with Crippen molar-refractivity contribution >= 4 is 0 Å². The Morgan fingerprint density at radius 1 is 1.62 bits per heavy atom. The summed E-state index contributed by atoms with van der Waals surface area (Å²) in [6.07, 6.45) is 2.32. The van der Waals surface area contributed by atoms with Crippen LogP contribution >= 0.6 is 0 Å². The van der Waals surface area contributed by atoms with Crippen LogP contribution in [0.5, 0.6) is 5.88 Å². The molecule has 2 N–H and O–H groups in total. The fourth-order valence-corrected chi connectivity index (χ4v) is 0.919. The van der Waals surface area contributed by atoms with Crippen LogP contribution in [0.25, 0.3) is 0 Å². The fourth-order valence-electron chi connectivity index (χ4n) is 0.919. The fraction of sp³-hybridized carbons (Fsp3) is 0.444. The highest BCUT2D eigenvalue weighted by molar-refractivity contribution is 5.23. The second kappa shape index (κ2) is 4.77. The molecule has 4 heteroatoms. The smallest absolute Gasteiger partial charge is 0.250 e. The van der Waals surface area contributed by atoms with Gasteiger partial charge in [-0.2, -0.15) is 0 Å². The second-order valence-electron chi connectivity index (χ2n) is 2.64. The summed E-state index contributed by atoms with van der Waals surface area (Å²) in [5, 5.41) is 0. The van der Waals surface area contributed by atoms with E-state index in [0.29, 0.717) is 12.2 Å². The summed E-state index contributed by atoms with van der Waals surface area (Å²) in [5.41, 5.74) is 5.76. The van der Waals surface area contributed by atoms with E-state index in [-0.39, 0.29) is 12.4 Å². The van der Waals surface area contributed by atoms with Crippen LogP contribution in [0.2, 0.25) is 0 Å². The van der Waals surface area contributed by atoms with Gasteiger partial charge in [0.2, 0.25) is 0 Å². The number of nitrogens with zero attached hydrogens (tertiary/aromatic N) is 1. The molecule has 1 aromatic heterocycles. The van der Waals surface area contributed by atoms with Gasteiger partial charge in [-0.05, 0) is 12.5 Å². The van der Waals surface area contributed by atoms with Crippen molar-refractivity contribution in [2.75, 3.05) is 6.61 Å². The van der Waals surface area contributed by atoms with Crippen molar-refractivity contribution in [2.45, 2.75) is 19.9 Å². The van der Waals surface area contributed by atoms with Gasteiger partial charge in [0, 0.05) is 18.3 Å². The topological polar surface area (TPSA) is 48.1 Å². The summed E-state index contributed by atoms with van der Waals surface area (Å²) in [6.45, 7) is 2.58. The van der Waals surface area contributed by atoms with Crippen LogP contribution in [0.3, 0.4) is 0 Å². The first-order valence-corrected chi connectivity index (χ1v) is 4.25. The lowest BCUT2D eigenvalue weighted by Gasteiger charge is -2.06. The Morgan fingerprint density at radius 3 is 3.00 bits per heavy atom. The van der Waals surface area contributed by atoms with E-state index in [1.807, 2.05) is 6.92 Å². The van der Waals surface area contributed by atoms with Crippen LogP contribution in [0.1, 0.15) is 18.9 Å². The van der Waals surface area contributed by atoms with Crippen LogP contribution in [0.4, 0.5) is 4.39 Å². The monoisotopic (exact) mass is 184 g/mol. The van der Waals surface area contributed by atoms with Crippen LogP contribution in [0, 0.1) is 5.82 Å². The SMILES string of the molecule is CCCOc1nccc(CN)c1F. The molecule has 0 saturated carbocycles. The van der Waals surface area contributed by atoms with Gasteiger partial charge in [-0.15, -0.1) is 0 Å². The van der Waals surface area contributed by atoms with Crippen molar-refractivity contribution in [3.63, 3.8) is 0 Å². The van der Waals surface area contributed by atoms with Crippen molar-refractivity contribution < 1.29 is 9.13 Å². The largest absolute Gasteiger partial charge is 0.476 e. The van der Waals surface area contributed by atoms with Crippen LogP contribution in [-0.2, 0) is 6.54 Å². The van der Waals surface area contributed by atoms with Crippen LogP contribution < -0.4 is 10.5 Å². The Bertz CT molecular complexity index is 278. The predicted octanol–water partition coefficient (Wildman–Crippen LogP) is 1.47. The average Bonchev–Trinajstić information content (AvgIpc) is 2.16. The molecule has 13 heavy (non-hydrogen) atoms. The summed E-state index contributed by atoms with van der Waals surface area (Å²) in [5.74, 6) is -0.400. The molecule has 0 saturated heterocycles. The van der Waals surface area contributed by atoms with Crippen molar-refractivity contribution in [3.05, 3.63) is 23.6 Å². The first kappa shape index (κ1) is 9.92. The lowest BCUT2D eigenvalue weighted by Crippen LogP contribution is -2.05. The van der Waals surface area contributed by atoms with Crippen molar-refractivity contribution in [1.82, 2.24) is 4.98 Å². The van der Waals surface area contributed by atoms with Crippen LogP contribution in [-0.4, -0.2) is 11.6 Å². The van der Waals surface area contributed by atoms with Gasteiger partial charge in [-0.1, -0.05) is 6.92 Å². The maximum absolute atomic E-state index is 13.3. The molecular formula is C9H13FN2O. The van der Waals surface area contributed by atoms with E-state index >= 15 is 0 Å². The average molecular weight is 184 g/mol. The minimum atomic E-state index is -0.446. The number of ether oxygens (including phenoxy) is 1. The second-order valence-corrected chi connectivity index (χ2v) is 2.64. The molecule has 1 rings (SSSR count). The van der Waals surface area contributed by atoms with Gasteiger partial charge >= 0.3 is 0 Å². The molecule has 0 unspecified atom stereocenters. The van der Waals surface area contributed by atoms with E-state index < -0.39 is 5.82 Å². The number of rotatable bonds is 4. The minimum Gasteiger partial charge on any atom is -0.476 e. The van der Waals surface area contributed by atoms with Crippen LogP contribution in [0.15, 0.2) is 12.3 Å². The molecule has 0 aliphatic heterocycles. The molecule has 0 fully saturated rings. The maximum atomic E-state index is 13.3. The zero-order valence-electron chi connectivity index (χ0n) is 7.59. The molecule has 1 aromatic rings. The normalized spacial score (nSPS) is 10.1. The first-order valence-electron chi connectivity index (χ1n) is 4.25. The third kappa shape index (κ3) is 2.39. The highest BCUT2D eigenvalue weighted by Crippen LogP contribution is 2.16. The van der Waals surface area contributed by atoms with Gasteiger partial charge < -0.3 is 10.5 Å². The molecule has 0 spiro atoms. The molecule has 0 bridgehead atoms. The zero-order valence-corrected chi connectivity index (χ0v) is 7.59. The Labute approximate surface area is 76.7 Å². The highest BCUT2D eigenvalue weighted by atomic mass is 19.1. The Morgan fingerprint density at radius 2 is 2.38 bits per heavy atom. The first-order chi connectivity index (χ1) is 6.29. The highest BCUT2D eigenvalue weighted by Gasteiger charge is 2.08. The number of aromatic nitrogens is 1. The van der Waals surface area contributed by atoms with Gasteiger partial charge in [0.1, 0.15) is 0 Å². The van der Waals surface area contributed by atoms with Gasteiger partial charge in [0.05, 0.1) is 6.61 Å². The lowest BCUT2D eigenvalue weighted by atomic mass is 10.2. The molecule has 3 nitrogen and oxygen atoms in total. The van der Waals surface area contributed by atoms with Gasteiger partial charge in [-0.3, -0.25) is 0 Å². The van der Waals surface area contributed by atoms with E-state index in [4.69, 9.17) is 10.5 Å². The number of hydrogen-bond acceptors (Lipinski definition) is 3. The number of hydrogen-bond donors (Lipinski definition) is 1. The molecule has 72 valence electrons. The summed E-state index contributed by atoms with van der Waals surface area (Å²) < 4.78 is 18.4. The summed E-state index contributed by atoms with van der Waals surface area (Å²) >= 11 is 0. The minimum absolute atomic E-state index is 0.0461. The molecular weight excluding hydrogens is 171 g/mol. The third-order valence-electron chi connectivity index (χ3n) is 1.60. The zero-order chi connectivity index (χ0) is 9.68. The predicted molar refractivity (Wildman–Crippen MR) is 47.9 cm³/mol. The van der Waals surface area contributed by atoms with E-state index in [2.05, 4.69) is 4.98 Å². The molecule has 1 heterocycles. The lowest BCUT2D eigenvalue weighted by molar-refractivity contribution is 0.287. The van der Waals surface area contributed by atoms with Gasteiger partial charge in [-0.25, -0.2) is 9.37 Å². The Balaban J connectivity index is 2.81. The number of pyridine rings is 1. The van der Waals surface area contributed by atoms with Crippen molar-refractivity contribution in [3.8, 4) is 5.88 Å². The van der Waals surface area contributed by atoms with E-state index in [1.165, 1.54) is 6.20 Å². The van der Waals surface area contributed by atoms with Crippen molar-refractivity contribution in [2.24, 2.45) is 5.73 Å². The number of nitrogens with two attached hydrogens (primary N) is 1. The molecule has 0 aliphatic rings. The van der Waals surface area contributed by atoms with E-state index in [0.717, 1.165) is 6.42 Å². The third-order valence-corrected chi connectivity index (χ3v) is 1.60. The summed E-state index contributed by atoms with van der Waals surface area (Å²) in [4.78, 5) is 3.77. The van der Waals surface area contributed by atoms with E-state index in [1.54, 1.807) is 6.07 Å². The maximum Gasteiger partial charge on any atom is 0.250 e.